The summed E-state index contributed by atoms with van der Waals surface area (Å²) in [5, 5.41) is 5.75. The zero-order valence-corrected chi connectivity index (χ0v) is 42.2. The van der Waals surface area contributed by atoms with Crippen molar-refractivity contribution in [3.63, 3.8) is 0 Å². The van der Waals surface area contributed by atoms with Gasteiger partial charge in [-0.25, -0.2) is 0 Å². The van der Waals surface area contributed by atoms with Gasteiger partial charge in [-0.15, -0.1) is 32.3 Å². The Kier molecular flexibility index (Phi) is 32.8. The van der Waals surface area contributed by atoms with Gasteiger partial charge in [0.25, 0.3) is 0 Å². The third-order valence-electron chi connectivity index (χ3n) is 4.57. The van der Waals surface area contributed by atoms with E-state index in [-0.39, 0.29) is 50.0 Å². The molecule has 0 atom stereocenters. The second-order valence-electron chi connectivity index (χ2n) is 16.7. The van der Waals surface area contributed by atoms with Crippen LogP contribution >= 0.6 is 15.8 Å². The number of rotatable bonds is 4. The summed E-state index contributed by atoms with van der Waals surface area (Å²) in [6.45, 7) is 46.8. The van der Waals surface area contributed by atoms with Crippen molar-refractivity contribution in [1.82, 2.24) is 0 Å². The smallest absolute Gasteiger partial charge is 0.342 e. The zero-order chi connectivity index (χ0) is 37.6. The maximum Gasteiger partial charge on any atom is 2.00 e. The van der Waals surface area contributed by atoms with Crippen LogP contribution in [0.3, 0.4) is 0 Å². The summed E-state index contributed by atoms with van der Waals surface area (Å²) in [6, 6.07) is 42.8. The van der Waals surface area contributed by atoms with Crippen LogP contribution in [0.1, 0.15) is 0 Å². The summed E-state index contributed by atoms with van der Waals surface area (Å²) in [6.07, 6.45) is 0. The molecular formula is C42H70Mn2P2Si4. The maximum atomic E-state index is 3.91. The van der Waals surface area contributed by atoms with Gasteiger partial charge in [-0.3, -0.25) is 0 Å². The van der Waals surface area contributed by atoms with Gasteiger partial charge in [0.2, 0.25) is 0 Å². The second-order valence-corrected chi connectivity index (χ2v) is 41.5. The van der Waals surface area contributed by atoms with Crippen molar-refractivity contribution >= 4 is 69.4 Å². The molecule has 278 valence electrons. The molecule has 4 aromatic rings. The van der Waals surface area contributed by atoms with Crippen molar-refractivity contribution in [2.45, 2.75) is 78.6 Å². The average Bonchev–Trinajstić information content (AvgIpc) is 2.95. The van der Waals surface area contributed by atoms with Gasteiger partial charge < -0.3 is 26.2 Å². The molecule has 0 fully saturated rings. The number of hydrogen-bond acceptors (Lipinski definition) is 0. The van der Waals surface area contributed by atoms with Gasteiger partial charge >= 0.3 is 34.1 Å². The van der Waals surface area contributed by atoms with Crippen molar-refractivity contribution in [2.75, 3.05) is 13.3 Å². The van der Waals surface area contributed by atoms with E-state index in [0.717, 1.165) is 0 Å². The molecule has 50 heavy (non-hydrogen) atoms. The molecule has 8 heteroatoms. The van der Waals surface area contributed by atoms with E-state index >= 15 is 0 Å². The van der Waals surface area contributed by atoms with E-state index in [1.165, 1.54) is 21.2 Å². The Morgan fingerprint density at radius 3 is 0.500 bits per heavy atom. The van der Waals surface area contributed by atoms with E-state index in [4.69, 9.17) is 0 Å². The maximum absolute atomic E-state index is 3.91. The minimum absolute atomic E-state index is 0. The molecule has 0 spiro atoms. The van der Waals surface area contributed by atoms with E-state index in [9.17, 15) is 0 Å². The first kappa shape index (κ1) is 56.4. The molecule has 0 aliphatic carbocycles. The van der Waals surface area contributed by atoms with Crippen LogP contribution in [0.25, 0.3) is 0 Å². The van der Waals surface area contributed by atoms with Crippen LogP contribution in [-0.4, -0.2) is 45.6 Å². The topological polar surface area (TPSA) is 0 Å². The van der Waals surface area contributed by atoms with E-state index in [1.807, 2.05) is 0 Å². The fraction of sp³-hybridized carbons (Fsp3) is 0.333. The number of benzene rings is 4. The van der Waals surface area contributed by atoms with Crippen LogP contribution in [0.4, 0.5) is 0 Å². The van der Waals surface area contributed by atoms with Crippen LogP contribution in [-0.2, 0) is 34.1 Å². The van der Waals surface area contributed by atoms with E-state index in [2.05, 4.69) is 239 Å². The molecule has 0 heterocycles. The van der Waals surface area contributed by atoms with Crippen LogP contribution in [0.5, 0.6) is 0 Å². The van der Waals surface area contributed by atoms with Crippen molar-refractivity contribution in [1.29, 1.82) is 0 Å². The molecule has 0 aliphatic rings. The summed E-state index contributed by atoms with van der Waals surface area (Å²) in [5.74, 6) is 0. The van der Waals surface area contributed by atoms with E-state index in [1.54, 1.807) is 0 Å². The number of hydrogen-bond donors (Lipinski definition) is 0. The third-order valence-corrected chi connectivity index (χ3v) is 8.86. The Hall–Kier alpha value is -0.354. The average molecular weight is 859 g/mol. The molecule has 0 saturated carbocycles. The van der Waals surface area contributed by atoms with E-state index < -0.39 is 32.3 Å². The first-order chi connectivity index (χ1) is 21.8. The zero-order valence-electron chi connectivity index (χ0n) is 34.0. The van der Waals surface area contributed by atoms with Crippen LogP contribution in [0.15, 0.2) is 121 Å². The summed E-state index contributed by atoms with van der Waals surface area (Å²) in [7, 11) is -3.79. The van der Waals surface area contributed by atoms with Gasteiger partial charge in [0.1, 0.15) is 0 Å². The molecule has 0 aliphatic heterocycles. The van der Waals surface area contributed by atoms with Crippen molar-refractivity contribution < 1.29 is 34.1 Å². The standard InChI is InChI=1S/2C13H13P.4C4H11Si.2Mn/c2*1-14(12-8-4-2-5-9-12)13-10-6-3-7-11-13;4*1-5(2,3)4;;/h2*2-11H,1H3;4*1H2,2-4H3;;/q;;4*-1;2*+2. The van der Waals surface area contributed by atoms with Crippen molar-refractivity contribution in [2.24, 2.45) is 0 Å². The fourth-order valence-corrected chi connectivity index (χ4v) is 5.98. The third kappa shape index (κ3) is 45.7. The Morgan fingerprint density at radius 2 is 0.400 bits per heavy atom. The molecule has 4 rings (SSSR count). The predicted molar refractivity (Wildman–Crippen MR) is 245 cm³/mol. The van der Waals surface area contributed by atoms with Crippen molar-refractivity contribution in [3.8, 4) is 0 Å². The quantitative estimate of drug-likeness (QED) is 0.109. The Balaban J connectivity index is -0.000000273. The molecular weight excluding hydrogens is 789 g/mol. The molecule has 0 aromatic heterocycles. The molecule has 4 aromatic carbocycles. The summed E-state index contributed by atoms with van der Waals surface area (Å²) < 4.78 is 0. The van der Waals surface area contributed by atoms with Gasteiger partial charge in [-0.1, -0.05) is 200 Å². The first-order valence-corrected chi connectivity index (χ1v) is 35.3. The van der Waals surface area contributed by atoms with E-state index in [0.29, 0.717) is 0 Å². The monoisotopic (exact) mass is 858 g/mol. The molecule has 0 nitrogen and oxygen atoms in total. The van der Waals surface area contributed by atoms with Gasteiger partial charge in [0, 0.05) is 0 Å². The Morgan fingerprint density at radius 1 is 0.300 bits per heavy atom. The largest absolute Gasteiger partial charge is 2.00 e. The molecule has 2 radical (unpaired) electrons. The van der Waals surface area contributed by atoms with Crippen LogP contribution in [0.2, 0.25) is 78.6 Å². The Bertz CT molecular complexity index is 1070. The minimum atomic E-state index is -0.861. The SMILES string of the molecule is CP(c1ccccc1)c1ccccc1.CP(c1ccccc1)c1ccccc1.[CH2-][Si](C)(C)C.[CH2-][Si](C)(C)C.[CH2-][Si](C)(C)C.[CH2-][Si](C)(C)C.[Mn+2].[Mn+2]. The van der Waals surface area contributed by atoms with Gasteiger partial charge in [0.15, 0.2) is 0 Å². The fourth-order valence-electron chi connectivity index (χ4n) is 2.90. The van der Waals surface area contributed by atoms with Crippen LogP contribution in [0, 0.1) is 26.2 Å². The molecule has 0 unspecified atom stereocenters. The van der Waals surface area contributed by atoms with Gasteiger partial charge in [-0.2, -0.15) is 0 Å². The van der Waals surface area contributed by atoms with Crippen molar-refractivity contribution in [3.05, 3.63) is 148 Å². The molecule has 0 N–H and O–H groups in total. The minimum Gasteiger partial charge on any atom is -0.342 e. The predicted octanol–water partition coefficient (Wildman–Crippen LogP) is 12.3. The van der Waals surface area contributed by atoms with Crippen LogP contribution < -0.4 is 21.2 Å². The normalized spacial score (nSPS) is 10.6. The van der Waals surface area contributed by atoms with Gasteiger partial charge in [0.05, 0.1) is 0 Å². The molecule has 0 saturated heterocycles. The molecule has 0 bridgehead atoms. The Labute approximate surface area is 340 Å². The summed E-state index contributed by atoms with van der Waals surface area (Å²) >= 11 is 0. The first-order valence-electron chi connectivity index (χ1n) is 16.8. The summed E-state index contributed by atoms with van der Waals surface area (Å²) in [4.78, 5) is 0. The molecule has 0 amide bonds. The summed E-state index contributed by atoms with van der Waals surface area (Å²) in [5.41, 5.74) is 0. The second kappa shape index (κ2) is 29.1. The van der Waals surface area contributed by atoms with Gasteiger partial charge in [-0.05, 0) is 50.4 Å².